The van der Waals surface area contributed by atoms with E-state index in [1.165, 1.54) is 0 Å². The summed E-state index contributed by atoms with van der Waals surface area (Å²) in [5.74, 6) is -0.902. The van der Waals surface area contributed by atoms with Crippen molar-refractivity contribution in [3.8, 4) is 0 Å². The first kappa shape index (κ1) is 16.5. The molecule has 2 atom stereocenters. The van der Waals surface area contributed by atoms with Gasteiger partial charge in [0.15, 0.2) is 0 Å². The number of piperidine rings is 1. The van der Waals surface area contributed by atoms with E-state index in [2.05, 4.69) is 12.7 Å². The van der Waals surface area contributed by atoms with Crippen molar-refractivity contribution in [2.75, 3.05) is 19.6 Å². The molecule has 1 heterocycles. The van der Waals surface area contributed by atoms with Crippen LogP contribution in [0.2, 0.25) is 6.32 Å². The number of carbonyl (C=O) groups is 1. The minimum absolute atomic E-state index is 0.272. The first-order valence-corrected chi connectivity index (χ1v) is 7.40. The quantitative estimate of drug-likeness (QED) is 0.421. The molecule has 110 valence electrons. The highest BCUT2D eigenvalue weighted by molar-refractivity contribution is 6.08. The van der Waals surface area contributed by atoms with E-state index in [0.29, 0.717) is 25.9 Å². The third-order valence-electron chi connectivity index (χ3n) is 4.01. The van der Waals surface area contributed by atoms with Crippen molar-refractivity contribution in [3.05, 3.63) is 0 Å². The molecule has 1 saturated heterocycles. The number of unbranched alkanes of at least 4 members (excludes halogenated alkanes) is 1. The van der Waals surface area contributed by atoms with Crippen molar-refractivity contribution in [1.29, 1.82) is 0 Å². The molecular weight excluding hydrogens is 243 g/mol. The van der Waals surface area contributed by atoms with Crippen molar-refractivity contribution < 1.29 is 15.0 Å². The van der Waals surface area contributed by atoms with Crippen LogP contribution in [0.5, 0.6) is 0 Å². The van der Waals surface area contributed by atoms with E-state index >= 15 is 0 Å². The lowest BCUT2D eigenvalue weighted by molar-refractivity contribution is -0.144. The molecule has 1 aliphatic rings. The van der Waals surface area contributed by atoms with E-state index in [-0.39, 0.29) is 6.10 Å². The van der Waals surface area contributed by atoms with Crippen LogP contribution in [0.1, 0.15) is 38.5 Å². The van der Waals surface area contributed by atoms with Crippen molar-refractivity contribution >= 4 is 13.8 Å². The van der Waals surface area contributed by atoms with Crippen molar-refractivity contribution in [2.45, 2.75) is 56.5 Å². The van der Waals surface area contributed by atoms with Crippen LogP contribution >= 0.6 is 0 Å². The number of hydrogen-bond acceptors (Lipinski definition) is 4. The van der Waals surface area contributed by atoms with Crippen LogP contribution in [-0.4, -0.2) is 60.2 Å². The van der Waals surface area contributed by atoms with Gasteiger partial charge in [0.1, 0.15) is 13.4 Å². The van der Waals surface area contributed by atoms with Crippen LogP contribution in [-0.2, 0) is 4.79 Å². The Morgan fingerprint density at radius 3 is 2.74 bits per heavy atom. The van der Waals surface area contributed by atoms with Gasteiger partial charge in [0.05, 0.1) is 6.10 Å². The summed E-state index contributed by atoms with van der Waals surface area (Å²) in [4.78, 5) is 13.5. The number of rotatable bonds is 8. The van der Waals surface area contributed by atoms with Gasteiger partial charge in [-0.05, 0) is 32.2 Å². The van der Waals surface area contributed by atoms with Crippen LogP contribution in [0, 0.1) is 0 Å². The molecule has 0 aromatic heterocycles. The smallest absolute Gasteiger partial charge is 0.323 e. The molecule has 1 aliphatic heterocycles. The zero-order valence-electron chi connectivity index (χ0n) is 12.0. The van der Waals surface area contributed by atoms with Gasteiger partial charge in [-0.3, -0.25) is 4.79 Å². The van der Waals surface area contributed by atoms with E-state index < -0.39 is 11.5 Å². The summed E-state index contributed by atoms with van der Waals surface area (Å²) in [6.07, 6.45) is 5.49. The van der Waals surface area contributed by atoms with Gasteiger partial charge in [-0.1, -0.05) is 19.2 Å². The van der Waals surface area contributed by atoms with Gasteiger partial charge in [0, 0.05) is 13.1 Å². The van der Waals surface area contributed by atoms with Gasteiger partial charge >= 0.3 is 5.97 Å². The summed E-state index contributed by atoms with van der Waals surface area (Å²) in [7, 11) is 2.09. The molecule has 0 saturated carbocycles. The number of carboxylic acids is 1. The normalized spacial score (nSPS) is 24.0. The fourth-order valence-electron chi connectivity index (χ4n) is 2.62. The molecule has 0 aromatic carbocycles. The van der Waals surface area contributed by atoms with Crippen LogP contribution < -0.4 is 5.73 Å². The maximum Gasteiger partial charge on any atom is 0.323 e. The van der Waals surface area contributed by atoms with Gasteiger partial charge in [-0.15, -0.1) is 0 Å². The van der Waals surface area contributed by atoms with Crippen LogP contribution in [0.15, 0.2) is 0 Å². The van der Waals surface area contributed by atoms with E-state index in [1.54, 1.807) is 0 Å². The largest absolute Gasteiger partial charge is 0.480 e. The van der Waals surface area contributed by atoms with Gasteiger partial charge in [0.25, 0.3) is 0 Å². The Labute approximate surface area is 116 Å². The molecular formula is C13H27BN2O3. The van der Waals surface area contributed by atoms with Crippen molar-refractivity contribution in [3.63, 3.8) is 0 Å². The van der Waals surface area contributed by atoms with Gasteiger partial charge in [0.2, 0.25) is 0 Å². The molecule has 6 heteroatoms. The van der Waals surface area contributed by atoms with E-state index in [1.807, 2.05) is 0 Å². The number of aliphatic hydroxyl groups is 1. The van der Waals surface area contributed by atoms with Gasteiger partial charge in [-0.25, -0.2) is 0 Å². The molecule has 0 aliphatic carbocycles. The molecule has 5 nitrogen and oxygen atoms in total. The third kappa shape index (κ3) is 5.51. The maximum atomic E-state index is 11.4. The maximum absolute atomic E-state index is 11.4. The molecule has 4 N–H and O–H groups in total. The topological polar surface area (TPSA) is 86.8 Å². The number of nitrogens with two attached hydrogens (primary N) is 1. The third-order valence-corrected chi connectivity index (χ3v) is 4.01. The molecule has 0 radical (unpaired) electrons. The molecule has 1 fully saturated rings. The second-order valence-electron chi connectivity index (χ2n) is 5.77. The predicted molar refractivity (Wildman–Crippen MR) is 78.1 cm³/mol. The summed E-state index contributed by atoms with van der Waals surface area (Å²) in [5.41, 5.74) is 4.93. The second kappa shape index (κ2) is 7.87. The molecule has 0 amide bonds. The van der Waals surface area contributed by atoms with Crippen LogP contribution in [0.3, 0.4) is 0 Å². The zero-order valence-corrected chi connectivity index (χ0v) is 12.0. The fourth-order valence-corrected chi connectivity index (χ4v) is 2.62. The molecule has 0 spiro atoms. The number of carboxylic acid groups (broad SMARTS) is 1. The SMILES string of the molecule is BCCCC[C@@](N)(CCN1CCC[C@H](O)C1)C(=O)O. The van der Waals surface area contributed by atoms with Crippen LogP contribution in [0.25, 0.3) is 0 Å². The average Bonchev–Trinajstić information content (AvgIpc) is 2.37. The second-order valence-corrected chi connectivity index (χ2v) is 5.77. The van der Waals surface area contributed by atoms with E-state index in [9.17, 15) is 15.0 Å². The summed E-state index contributed by atoms with van der Waals surface area (Å²) >= 11 is 0. The Kier molecular flexibility index (Phi) is 6.82. The van der Waals surface area contributed by atoms with E-state index in [4.69, 9.17) is 5.73 Å². The summed E-state index contributed by atoms with van der Waals surface area (Å²) < 4.78 is 0. The highest BCUT2D eigenvalue weighted by atomic mass is 16.4. The van der Waals surface area contributed by atoms with Crippen LogP contribution in [0.4, 0.5) is 0 Å². The Morgan fingerprint density at radius 1 is 1.42 bits per heavy atom. The average molecular weight is 270 g/mol. The van der Waals surface area contributed by atoms with Crippen molar-refractivity contribution in [2.24, 2.45) is 5.73 Å². The first-order valence-electron chi connectivity index (χ1n) is 7.40. The standard InChI is InChI=1S/C13H27BN2O3/c14-7-2-1-5-13(15,12(18)19)6-9-16-8-3-4-11(17)10-16/h11,17H,1-10,14-15H2,(H,18,19)/t11-,13+/m0/s1. The van der Waals surface area contributed by atoms with Crippen molar-refractivity contribution in [1.82, 2.24) is 4.90 Å². The van der Waals surface area contributed by atoms with Gasteiger partial charge in [-0.2, -0.15) is 0 Å². The number of β-amino-alcohol motifs (C(OH)–C–C–N with tert-alkyl or cyclic N) is 1. The van der Waals surface area contributed by atoms with E-state index in [0.717, 1.165) is 38.5 Å². The Hall–Kier alpha value is -0.585. The number of nitrogens with zero attached hydrogens (tertiary/aromatic N) is 1. The summed E-state index contributed by atoms with van der Waals surface area (Å²) in [6.45, 7) is 2.23. The zero-order chi connectivity index (χ0) is 14.3. The molecule has 19 heavy (non-hydrogen) atoms. The Morgan fingerprint density at radius 2 is 2.16 bits per heavy atom. The fraction of sp³-hybridized carbons (Fsp3) is 0.923. The number of aliphatic hydroxyl groups excluding tert-OH is 1. The first-order chi connectivity index (χ1) is 8.98. The Bertz CT molecular complexity index is 291. The molecule has 0 aromatic rings. The minimum atomic E-state index is -1.11. The lowest BCUT2D eigenvalue weighted by atomic mass is 9.87. The van der Waals surface area contributed by atoms with Gasteiger partial charge < -0.3 is 20.8 Å². The number of aliphatic carboxylic acids is 1. The predicted octanol–water partition coefficient (Wildman–Crippen LogP) is -0.163. The highest BCUT2D eigenvalue weighted by Gasteiger charge is 2.33. The highest BCUT2D eigenvalue weighted by Crippen LogP contribution is 2.19. The molecule has 0 bridgehead atoms. The number of likely N-dealkylation sites (tertiary alicyclic amines) is 1. The molecule has 0 unspecified atom stereocenters. The Balaban J connectivity index is 2.41. The lowest BCUT2D eigenvalue weighted by Gasteiger charge is -2.33. The summed E-state index contributed by atoms with van der Waals surface area (Å²) in [5, 5.41) is 18.9. The molecule has 1 rings (SSSR count). The lowest BCUT2D eigenvalue weighted by Crippen LogP contribution is -2.51. The summed E-state index contributed by atoms with van der Waals surface area (Å²) in [6, 6.07) is 0. The minimum Gasteiger partial charge on any atom is -0.480 e. The monoisotopic (exact) mass is 270 g/mol. The number of hydrogen-bond donors (Lipinski definition) is 3.